The van der Waals surface area contributed by atoms with E-state index >= 15 is 0 Å². The van der Waals surface area contributed by atoms with Crippen LogP contribution in [0.25, 0.3) is 10.9 Å². The largest absolute Gasteiger partial charge is 0.515 e. The molecule has 164 valence electrons. The van der Waals surface area contributed by atoms with Crippen molar-refractivity contribution in [3.63, 3.8) is 0 Å². The second-order valence-corrected chi connectivity index (χ2v) is 7.67. The number of para-hydroxylation sites is 1. The molecule has 2 heterocycles. The third-order valence-corrected chi connectivity index (χ3v) is 5.23. The molecule has 12 nitrogen and oxygen atoms in total. The summed E-state index contributed by atoms with van der Waals surface area (Å²) in [5.74, 6) is -0.368. The van der Waals surface area contributed by atoms with E-state index in [1.54, 1.807) is 32.0 Å². The SMILES string of the molecule is CCOC(=O)Oc1[nH]c2ccccc2c1S(=O)(=O)NC(=O)Nc1nc(C)cc(OC)n1. The van der Waals surface area contributed by atoms with E-state index in [0.717, 1.165) is 0 Å². The number of nitrogens with zero attached hydrogens (tertiary/aromatic N) is 2. The Kier molecular flexibility index (Phi) is 6.25. The van der Waals surface area contributed by atoms with E-state index in [-0.39, 0.29) is 23.8 Å². The number of hydrogen-bond donors (Lipinski definition) is 3. The number of fused-ring (bicyclic) bond motifs is 1. The summed E-state index contributed by atoms with van der Waals surface area (Å²) in [7, 11) is -3.11. The standard InChI is InChI=1S/C18H19N5O7S/c1-4-29-18(25)30-15-14(11-7-5-6-8-12(11)20-15)31(26,27)23-17(24)22-16-19-10(2)9-13(21-16)28-3/h5-9,20H,4H2,1-3H3,(H2,19,21,22,23,24). The number of ether oxygens (including phenoxy) is 3. The van der Waals surface area contributed by atoms with Gasteiger partial charge in [0.2, 0.25) is 17.7 Å². The molecule has 3 N–H and O–H groups in total. The van der Waals surface area contributed by atoms with Gasteiger partial charge in [-0.3, -0.25) is 5.32 Å². The zero-order valence-electron chi connectivity index (χ0n) is 16.8. The molecule has 0 radical (unpaired) electrons. The number of anilines is 1. The molecule has 2 amide bonds. The lowest BCUT2D eigenvalue weighted by molar-refractivity contribution is 0.102. The van der Waals surface area contributed by atoms with E-state index in [1.165, 1.54) is 19.2 Å². The normalized spacial score (nSPS) is 11.1. The Hall–Kier alpha value is -3.87. The Morgan fingerprint density at radius 3 is 2.65 bits per heavy atom. The fraction of sp³-hybridized carbons (Fsp3) is 0.222. The maximum absolute atomic E-state index is 13.0. The van der Waals surface area contributed by atoms with Gasteiger partial charge in [-0.25, -0.2) is 27.7 Å². The molecule has 0 saturated carbocycles. The second-order valence-electron chi connectivity index (χ2n) is 6.05. The Balaban J connectivity index is 1.91. The molecular weight excluding hydrogens is 430 g/mol. The Morgan fingerprint density at radius 2 is 1.94 bits per heavy atom. The number of urea groups is 1. The zero-order chi connectivity index (χ0) is 22.6. The molecule has 0 spiro atoms. The van der Waals surface area contributed by atoms with Crippen LogP contribution < -0.4 is 19.5 Å². The van der Waals surface area contributed by atoms with Crippen LogP contribution in [0, 0.1) is 6.92 Å². The lowest BCUT2D eigenvalue weighted by Crippen LogP contribution is -2.35. The highest BCUT2D eigenvalue weighted by Crippen LogP contribution is 2.32. The van der Waals surface area contributed by atoms with Crippen molar-refractivity contribution in [3.8, 4) is 11.8 Å². The number of methoxy groups -OCH3 is 1. The Bertz CT molecular complexity index is 1240. The fourth-order valence-corrected chi connectivity index (χ4v) is 3.86. The van der Waals surface area contributed by atoms with E-state index < -0.39 is 33.0 Å². The van der Waals surface area contributed by atoms with Gasteiger partial charge in [-0.1, -0.05) is 18.2 Å². The molecule has 0 saturated heterocycles. The van der Waals surface area contributed by atoms with E-state index in [9.17, 15) is 18.0 Å². The van der Waals surface area contributed by atoms with E-state index in [2.05, 4.69) is 20.3 Å². The molecule has 0 aliphatic heterocycles. The van der Waals surface area contributed by atoms with Crippen LogP contribution in [0.4, 0.5) is 15.5 Å². The van der Waals surface area contributed by atoms with Crippen LogP contribution in [0.3, 0.4) is 0 Å². The molecule has 3 aromatic rings. The first-order valence-electron chi connectivity index (χ1n) is 8.92. The third-order valence-electron chi connectivity index (χ3n) is 3.83. The smallest absolute Gasteiger partial charge is 0.481 e. The second kappa shape index (κ2) is 8.87. The van der Waals surface area contributed by atoms with Gasteiger partial charge < -0.3 is 19.2 Å². The number of carbonyl (C=O) groups excluding carboxylic acids is 2. The number of amides is 2. The summed E-state index contributed by atoms with van der Waals surface area (Å²) in [5, 5.41) is 2.43. The number of benzene rings is 1. The number of aryl methyl sites for hydroxylation is 1. The van der Waals surface area contributed by atoms with Crippen LogP contribution in [0.1, 0.15) is 12.6 Å². The molecule has 31 heavy (non-hydrogen) atoms. The van der Waals surface area contributed by atoms with E-state index in [0.29, 0.717) is 11.2 Å². The van der Waals surface area contributed by atoms with Crippen LogP contribution >= 0.6 is 0 Å². The summed E-state index contributed by atoms with van der Waals surface area (Å²) in [6.45, 7) is 3.25. The number of sulfonamides is 1. The molecule has 0 atom stereocenters. The first kappa shape index (κ1) is 21.8. The van der Waals surface area contributed by atoms with Gasteiger partial charge in [0.25, 0.3) is 10.0 Å². The zero-order valence-corrected chi connectivity index (χ0v) is 17.6. The van der Waals surface area contributed by atoms with E-state index in [4.69, 9.17) is 14.2 Å². The quantitative estimate of drug-likeness (QED) is 0.479. The van der Waals surface area contributed by atoms with Gasteiger partial charge in [-0.05, 0) is 19.9 Å². The summed E-state index contributed by atoms with van der Waals surface area (Å²) in [6, 6.07) is 6.73. The summed E-state index contributed by atoms with van der Waals surface area (Å²) >= 11 is 0. The number of H-pyrrole nitrogens is 1. The molecule has 0 unspecified atom stereocenters. The van der Waals surface area contributed by atoms with Crippen molar-refractivity contribution in [1.29, 1.82) is 0 Å². The lowest BCUT2D eigenvalue weighted by Gasteiger charge is -2.10. The molecular formula is C18H19N5O7S. The fourth-order valence-electron chi connectivity index (χ4n) is 2.66. The van der Waals surface area contributed by atoms with Crippen LogP contribution in [0.5, 0.6) is 11.8 Å². The summed E-state index contributed by atoms with van der Waals surface area (Å²) < 4.78 is 42.5. The molecule has 0 bridgehead atoms. The van der Waals surface area contributed by atoms with Crippen molar-refractivity contribution >= 4 is 39.1 Å². The highest BCUT2D eigenvalue weighted by atomic mass is 32.2. The highest BCUT2D eigenvalue weighted by Gasteiger charge is 2.29. The van der Waals surface area contributed by atoms with Gasteiger partial charge in [0.1, 0.15) is 0 Å². The number of hydrogen-bond acceptors (Lipinski definition) is 9. The number of nitrogens with one attached hydrogen (secondary N) is 3. The number of aromatic nitrogens is 3. The Morgan fingerprint density at radius 1 is 1.19 bits per heavy atom. The van der Waals surface area contributed by atoms with Crippen molar-refractivity contribution in [1.82, 2.24) is 19.7 Å². The van der Waals surface area contributed by atoms with Crippen LogP contribution in [-0.4, -0.2) is 49.3 Å². The molecule has 2 aromatic heterocycles. The highest BCUT2D eigenvalue weighted by molar-refractivity contribution is 7.90. The maximum atomic E-state index is 13.0. The molecule has 0 aliphatic carbocycles. The summed E-state index contributed by atoms with van der Waals surface area (Å²) in [5.41, 5.74) is 0.862. The van der Waals surface area contributed by atoms with Gasteiger partial charge in [-0.15, -0.1) is 0 Å². The Labute approximate surface area is 177 Å². The summed E-state index contributed by atoms with van der Waals surface area (Å²) in [4.78, 5) is 34.2. The van der Waals surface area contributed by atoms with Gasteiger partial charge in [0.05, 0.1) is 13.7 Å². The minimum absolute atomic E-state index is 0.0295. The lowest BCUT2D eigenvalue weighted by atomic mass is 10.2. The molecule has 3 rings (SSSR count). The van der Waals surface area contributed by atoms with Crippen LogP contribution in [-0.2, 0) is 14.8 Å². The third kappa shape index (κ3) is 5.01. The molecule has 13 heteroatoms. The predicted molar refractivity (Wildman–Crippen MR) is 109 cm³/mol. The number of aromatic amines is 1. The van der Waals surface area contributed by atoms with Crippen LogP contribution in [0.15, 0.2) is 35.2 Å². The van der Waals surface area contributed by atoms with Gasteiger partial charge >= 0.3 is 12.2 Å². The van der Waals surface area contributed by atoms with Crippen molar-refractivity contribution in [2.45, 2.75) is 18.7 Å². The van der Waals surface area contributed by atoms with E-state index in [1.807, 2.05) is 4.72 Å². The predicted octanol–water partition coefficient (Wildman–Crippen LogP) is 2.32. The van der Waals surface area contributed by atoms with Gasteiger partial charge in [0, 0.05) is 22.7 Å². The monoisotopic (exact) mass is 449 g/mol. The van der Waals surface area contributed by atoms with Gasteiger partial charge in [-0.2, -0.15) is 4.98 Å². The number of rotatable bonds is 6. The van der Waals surface area contributed by atoms with Crippen molar-refractivity contribution in [2.24, 2.45) is 0 Å². The first-order chi connectivity index (χ1) is 14.7. The van der Waals surface area contributed by atoms with Crippen molar-refractivity contribution in [3.05, 3.63) is 36.0 Å². The molecule has 1 aromatic carbocycles. The minimum Gasteiger partial charge on any atom is -0.481 e. The number of carbonyl (C=O) groups is 2. The maximum Gasteiger partial charge on any atom is 0.515 e. The topological polar surface area (TPSA) is 162 Å². The molecule has 0 fully saturated rings. The average molecular weight is 449 g/mol. The van der Waals surface area contributed by atoms with Gasteiger partial charge in [0.15, 0.2) is 4.90 Å². The minimum atomic E-state index is -4.49. The first-order valence-corrected chi connectivity index (χ1v) is 10.4. The van der Waals surface area contributed by atoms with Crippen molar-refractivity contribution in [2.75, 3.05) is 19.0 Å². The molecule has 0 aliphatic rings. The average Bonchev–Trinajstić information content (AvgIpc) is 3.05. The summed E-state index contributed by atoms with van der Waals surface area (Å²) in [6.07, 6.45) is -1.10. The van der Waals surface area contributed by atoms with Crippen LogP contribution in [0.2, 0.25) is 0 Å². The van der Waals surface area contributed by atoms with Crippen molar-refractivity contribution < 1.29 is 32.2 Å².